The van der Waals surface area contributed by atoms with Crippen molar-refractivity contribution in [1.82, 2.24) is 9.62 Å². The normalized spacial score (nSPS) is 21.0. The van der Waals surface area contributed by atoms with Gasteiger partial charge in [-0.15, -0.1) is 0 Å². The highest BCUT2D eigenvalue weighted by Gasteiger charge is 2.38. The molecular formula is C18H26N2O4S. The van der Waals surface area contributed by atoms with Gasteiger partial charge in [-0.3, -0.25) is 4.79 Å². The molecule has 1 amide bonds. The molecule has 0 unspecified atom stereocenters. The van der Waals surface area contributed by atoms with Gasteiger partial charge in [0.05, 0.1) is 11.9 Å². The van der Waals surface area contributed by atoms with Crippen molar-refractivity contribution in [3.63, 3.8) is 0 Å². The first kappa shape index (κ1) is 18.4. The van der Waals surface area contributed by atoms with Gasteiger partial charge in [0.15, 0.2) is 0 Å². The van der Waals surface area contributed by atoms with E-state index in [0.29, 0.717) is 32.5 Å². The predicted molar refractivity (Wildman–Crippen MR) is 95.7 cm³/mol. The number of nitrogens with zero attached hydrogens (tertiary/aromatic N) is 1. The van der Waals surface area contributed by atoms with Gasteiger partial charge in [-0.25, -0.2) is 12.7 Å². The fraction of sp³-hybridized carbons (Fsp3) is 0.611. The van der Waals surface area contributed by atoms with E-state index in [9.17, 15) is 13.2 Å². The van der Waals surface area contributed by atoms with E-state index in [1.54, 1.807) is 7.11 Å². The zero-order valence-corrected chi connectivity index (χ0v) is 15.6. The van der Waals surface area contributed by atoms with Gasteiger partial charge in [-0.2, -0.15) is 0 Å². The Kier molecular flexibility index (Phi) is 5.18. The number of sulfonamides is 1. The van der Waals surface area contributed by atoms with Crippen LogP contribution >= 0.6 is 0 Å². The van der Waals surface area contributed by atoms with E-state index < -0.39 is 10.0 Å². The molecular weight excluding hydrogens is 340 g/mol. The van der Waals surface area contributed by atoms with Crippen molar-refractivity contribution in [2.75, 3.05) is 33.0 Å². The summed E-state index contributed by atoms with van der Waals surface area (Å²) in [5.74, 6) is -0.129. The van der Waals surface area contributed by atoms with E-state index in [2.05, 4.69) is 17.4 Å². The lowest BCUT2D eigenvalue weighted by Crippen LogP contribution is -2.48. The Morgan fingerprint density at radius 3 is 2.28 bits per heavy atom. The maximum absolute atomic E-state index is 12.5. The molecule has 0 bridgehead atoms. The minimum atomic E-state index is -3.16. The molecule has 0 spiro atoms. The van der Waals surface area contributed by atoms with Crippen molar-refractivity contribution in [2.45, 2.75) is 31.3 Å². The van der Waals surface area contributed by atoms with Crippen LogP contribution in [0.1, 0.15) is 24.0 Å². The molecule has 1 fully saturated rings. The lowest BCUT2D eigenvalue weighted by Gasteiger charge is -2.32. The Balaban J connectivity index is 1.54. The average molecular weight is 366 g/mol. The van der Waals surface area contributed by atoms with Gasteiger partial charge in [-0.1, -0.05) is 24.3 Å². The van der Waals surface area contributed by atoms with Crippen LogP contribution < -0.4 is 5.32 Å². The van der Waals surface area contributed by atoms with E-state index in [4.69, 9.17) is 4.74 Å². The first-order chi connectivity index (χ1) is 11.8. The molecule has 7 heteroatoms. The van der Waals surface area contributed by atoms with Gasteiger partial charge in [-0.05, 0) is 24.0 Å². The molecule has 1 aliphatic carbocycles. The van der Waals surface area contributed by atoms with Crippen molar-refractivity contribution < 1.29 is 17.9 Å². The standard InChI is InChI=1S/C18H26N2O4S/c1-24-18(11-15-5-3-4-6-16(15)12-18)13-19-17(21)14-7-9-20(10-8-14)25(2,22)23/h3-6,14H,7-13H2,1-2H3,(H,19,21). The smallest absolute Gasteiger partial charge is 0.223 e. The summed E-state index contributed by atoms with van der Waals surface area (Å²) in [4.78, 5) is 12.5. The number of hydrogen-bond donors (Lipinski definition) is 1. The SMILES string of the molecule is COC1(CNC(=O)C2CCN(S(C)(=O)=O)CC2)Cc2ccccc2C1. The number of piperidine rings is 1. The van der Waals surface area contributed by atoms with Crippen LogP contribution in [0.25, 0.3) is 0 Å². The zero-order chi connectivity index (χ0) is 18.1. The first-order valence-corrected chi connectivity index (χ1v) is 10.5. The lowest BCUT2D eigenvalue weighted by atomic mass is 9.95. The van der Waals surface area contributed by atoms with E-state index in [-0.39, 0.29) is 17.4 Å². The molecule has 25 heavy (non-hydrogen) atoms. The molecule has 1 aromatic carbocycles. The Morgan fingerprint density at radius 1 is 1.24 bits per heavy atom. The number of rotatable bonds is 5. The van der Waals surface area contributed by atoms with Crippen molar-refractivity contribution in [2.24, 2.45) is 5.92 Å². The highest BCUT2D eigenvalue weighted by atomic mass is 32.2. The third kappa shape index (κ3) is 4.04. The summed E-state index contributed by atoms with van der Waals surface area (Å²) < 4.78 is 30.3. The molecule has 3 rings (SSSR count). The molecule has 138 valence electrons. The average Bonchev–Trinajstić information content (AvgIpc) is 2.98. The number of amides is 1. The van der Waals surface area contributed by atoms with Crippen LogP contribution in [0.4, 0.5) is 0 Å². The summed E-state index contributed by atoms with van der Waals surface area (Å²) in [6.07, 6.45) is 3.95. The molecule has 2 aliphatic rings. The maximum Gasteiger partial charge on any atom is 0.223 e. The van der Waals surface area contributed by atoms with Gasteiger partial charge in [0.25, 0.3) is 0 Å². The number of benzene rings is 1. The molecule has 1 N–H and O–H groups in total. The van der Waals surface area contributed by atoms with Crippen molar-refractivity contribution in [3.05, 3.63) is 35.4 Å². The predicted octanol–water partition coefficient (Wildman–Crippen LogP) is 0.958. The molecule has 1 heterocycles. The number of methoxy groups -OCH3 is 1. The Morgan fingerprint density at radius 2 is 1.80 bits per heavy atom. The Bertz CT molecular complexity index is 714. The molecule has 0 aromatic heterocycles. The van der Waals surface area contributed by atoms with Crippen LogP contribution in [0, 0.1) is 5.92 Å². The van der Waals surface area contributed by atoms with Gasteiger partial charge in [0.2, 0.25) is 15.9 Å². The summed E-state index contributed by atoms with van der Waals surface area (Å²) in [7, 11) is -1.47. The highest BCUT2D eigenvalue weighted by Crippen LogP contribution is 2.32. The molecule has 6 nitrogen and oxygen atoms in total. The molecule has 1 saturated heterocycles. The summed E-state index contributed by atoms with van der Waals surface area (Å²) in [5.41, 5.74) is 2.17. The highest BCUT2D eigenvalue weighted by molar-refractivity contribution is 7.88. The fourth-order valence-corrected chi connectivity index (χ4v) is 4.72. The third-order valence-electron chi connectivity index (χ3n) is 5.46. The largest absolute Gasteiger partial charge is 0.376 e. The van der Waals surface area contributed by atoms with E-state index in [1.807, 2.05) is 12.1 Å². The number of carbonyl (C=O) groups is 1. The lowest BCUT2D eigenvalue weighted by molar-refractivity contribution is -0.127. The number of carbonyl (C=O) groups excluding carboxylic acids is 1. The van der Waals surface area contributed by atoms with Crippen molar-refractivity contribution >= 4 is 15.9 Å². The van der Waals surface area contributed by atoms with Gasteiger partial charge >= 0.3 is 0 Å². The first-order valence-electron chi connectivity index (χ1n) is 8.68. The second kappa shape index (κ2) is 7.05. The van der Waals surface area contributed by atoms with E-state index >= 15 is 0 Å². The van der Waals surface area contributed by atoms with Crippen LogP contribution in [-0.2, 0) is 32.4 Å². The van der Waals surface area contributed by atoms with E-state index in [0.717, 1.165) is 12.8 Å². The Labute approximate surface area is 149 Å². The van der Waals surface area contributed by atoms with Gasteiger partial charge in [0, 0.05) is 45.5 Å². The van der Waals surface area contributed by atoms with Crippen LogP contribution in [-0.4, -0.2) is 57.2 Å². The van der Waals surface area contributed by atoms with Crippen LogP contribution in [0.2, 0.25) is 0 Å². The summed E-state index contributed by atoms with van der Waals surface area (Å²) in [6.45, 7) is 1.30. The maximum atomic E-state index is 12.5. The van der Waals surface area contributed by atoms with Gasteiger partial charge in [0.1, 0.15) is 0 Å². The Hall–Kier alpha value is -1.44. The second-order valence-corrected chi connectivity index (χ2v) is 9.15. The number of fused-ring (bicyclic) bond motifs is 1. The zero-order valence-electron chi connectivity index (χ0n) is 14.8. The minimum Gasteiger partial charge on any atom is -0.376 e. The number of ether oxygens (including phenoxy) is 1. The quantitative estimate of drug-likeness (QED) is 0.842. The van der Waals surface area contributed by atoms with E-state index in [1.165, 1.54) is 21.7 Å². The molecule has 1 aliphatic heterocycles. The second-order valence-electron chi connectivity index (χ2n) is 7.16. The summed E-state index contributed by atoms with van der Waals surface area (Å²) in [6, 6.07) is 8.27. The van der Waals surface area contributed by atoms with Crippen molar-refractivity contribution in [3.8, 4) is 0 Å². The summed E-state index contributed by atoms with van der Waals surface area (Å²) in [5, 5.41) is 3.04. The third-order valence-corrected chi connectivity index (χ3v) is 6.76. The molecule has 1 aromatic rings. The number of nitrogens with one attached hydrogen (secondary N) is 1. The molecule has 0 radical (unpaired) electrons. The molecule has 0 atom stereocenters. The van der Waals surface area contributed by atoms with Crippen molar-refractivity contribution in [1.29, 1.82) is 0 Å². The summed E-state index contributed by atoms with van der Waals surface area (Å²) >= 11 is 0. The minimum absolute atomic E-state index is 0.000493. The topological polar surface area (TPSA) is 75.7 Å². The van der Waals surface area contributed by atoms with Crippen LogP contribution in [0.3, 0.4) is 0 Å². The monoisotopic (exact) mass is 366 g/mol. The van der Waals surface area contributed by atoms with Crippen LogP contribution in [0.5, 0.6) is 0 Å². The van der Waals surface area contributed by atoms with Crippen LogP contribution in [0.15, 0.2) is 24.3 Å². The molecule has 0 saturated carbocycles. The number of hydrogen-bond acceptors (Lipinski definition) is 4. The van der Waals surface area contributed by atoms with Gasteiger partial charge < -0.3 is 10.1 Å². The fourth-order valence-electron chi connectivity index (χ4n) is 3.84.